The van der Waals surface area contributed by atoms with Crippen molar-refractivity contribution in [2.24, 2.45) is 0 Å². The molecule has 1 N–H and O–H groups in total. The fourth-order valence-electron chi connectivity index (χ4n) is 2.27. The minimum atomic E-state index is -0.283. The number of aryl methyl sites for hydroxylation is 1. The van der Waals surface area contributed by atoms with Gasteiger partial charge in [-0.3, -0.25) is 4.79 Å². The minimum absolute atomic E-state index is 0.283. The van der Waals surface area contributed by atoms with Crippen LogP contribution in [-0.4, -0.2) is 59.2 Å². The fourth-order valence-corrected chi connectivity index (χ4v) is 2.27. The van der Waals surface area contributed by atoms with E-state index in [0.29, 0.717) is 23.0 Å². The number of carbonyl (C=O) groups is 1. The predicted molar refractivity (Wildman–Crippen MR) is 80.9 cm³/mol. The molecule has 3 heterocycles. The first-order chi connectivity index (χ1) is 10.6. The molecule has 0 aliphatic carbocycles. The van der Waals surface area contributed by atoms with E-state index in [2.05, 4.69) is 37.3 Å². The Hall–Kier alpha value is -2.48. The number of amides is 1. The van der Waals surface area contributed by atoms with Crippen LogP contribution in [0.2, 0.25) is 0 Å². The Morgan fingerprint density at radius 3 is 2.45 bits per heavy atom. The fraction of sp³-hybridized carbons (Fsp3) is 0.429. The van der Waals surface area contributed by atoms with Crippen LogP contribution >= 0.6 is 0 Å². The molecule has 1 aliphatic rings. The Morgan fingerprint density at radius 2 is 1.86 bits per heavy atom. The number of hydrogen-bond acceptors (Lipinski definition) is 7. The lowest BCUT2D eigenvalue weighted by Gasteiger charge is -2.32. The highest BCUT2D eigenvalue weighted by Crippen LogP contribution is 2.14. The van der Waals surface area contributed by atoms with Gasteiger partial charge in [-0.1, -0.05) is 5.16 Å². The van der Waals surface area contributed by atoms with Crippen molar-refractivity contribution in [2.75, 3.05) is 43.4 Å². The van der Waals surface area contributed by atoms with E-state index >= 15 is 0 Å². The van der Waals surface area contributed by atoms with E-state index in [1.54, 1.807) is 19.3 Å². The third kappa shape index (κ3) is 3.06. The lowest BCUT2D eigenvalue weighted by atomic mass is 10.2. The summed E-state index contributed by atoms with van der Waals surface area (Å²) in [7, 11) is 2.10. The lowest BCUT2D eigenvalue weighted by Crippen LogP contribution is -2.45. The third-order valence-corrected chi connectivity index (χ3v) is 3.68. The topological polar surface area (TPSA) is 87.4 Å². The maximum Gasteiger partial charge on any atom is 0.260 e. The Labute approximate surface area is 128 Å². The summed E-state index contributed by atoms with van der Waals surface area (Å²) in [6.45, 7) is 5.49. The molecule has 1 aliphatic heterocycles. The summed E-state index contributed by atoms with van der Waals surface area (Å²) in [5.74, 6) is 0.884. The monoisotopic (exact) mass is 302 g/mol. The van der Waals surface area contributed by atoms with Gasteiger partial charge in [0.25, 0.3) is 5.91 Å². The van der Waals surface area contributed by atoms with Crippen LogP contribution < -0.4 is 10.2 Å². The van der Waals surface area contributed by atoms with Crippen LogP contribution in [0, 0.1) is 6.92 Å². The van der Waals surface area contributed by atoms with Crippen LogP contribution in [0.15, 0.2) is 23.1 Å². The Kier molecular flexibility index (Phi) is 4.01. The highest BCUT2D eigenvalue weighted by Gasteiger charge is 2.17. The molecule has 2 aromatic rings. The van der Waals surface area contributed by atoms with Crippen LogP contribution in [0.4, 0.5) is 11.6 Å². The molecule has 1 amide bonds. The summed E-state index contributed by atoms with van der Waals surface area (Å²) < 4.78 is 4.88. The molecule has 0 unspecified atom stereocenters. The maximum atomic E-state index is 12.0. The summed E-state index contributed by atoms with van der Waals surface area (Å²) in [5.41, 5.74) is 0.951. The number of anilines is 2. The number of rotatable bonds is 3. The van der Waals surface area contributed by atoms with E-state index in [9.17, 15) is 4.79 Å². The summed E-state index contributed by atoms with van der Waals surface area (Å²) in [5, 5.41) is 6.32. The third-order valence-electron chi connectivity index (χ3n) is 3.68. The maximum absolute atomic E-state index is 12.0. The van der Waals surface area contributed by atoms with Crippen molar-refractivity contribution in [3.05, 3.63) is 29.9 Å². The molecule has 0 aromatic carbocycles. The number of nitrogens with zero attached hydrogens (tertiary/aromatic N) is 5. The molecule has 0 saturated carbocycles. The van der Waals surface area contributed by atoms with Gasteiger partial charge in [0.15, 0.2) is 0 Å². The number of aromatic nitrogens is 3. The molecule has 0 bridgehead atoms. The number of piperazine rings is 1. The zero-order chi connectivity index (χ0) is 15.5. The molecule has 1 fully saturated rings. The van der Waals surface area contributed by atoms with Gasteiger partial charge in [0.05, 0.1) is 24.3 Å². The van der Waals surface area contributed by atoms with E-state index in [4.69, 9.17) is 4.52 Å². The van der Waals surface area contributed by atoms with Gasteiger partial charge in [-0.25, -0.2) is 9.97 Å². The predicted octanol–water partition coefficient (Wildman–Crippen LogP) is 0.777. The molecule has 3 rings (SSSR count). The largest absolute Gasteiger partial charge is 0.361 e. The van der Waals surface area contributed by atoms with Crippen molar-refractivity contribution in [3.8, 4) is 0 Å². The quantitative estimate of drug-likeness (QED) is 0.896. The number of hydrogen-bond donors (Lipinski definition) is 1. The molecule has 116 valence electrons. The van der Waals surface area contributed by atoms with Crippen LogP contribution in [0.25, 0.3) is 0 Å². The van der Waals surface area contributed by atoms with Gasteiger partial charge in [0.2, 0.25) is 5.95 Å². The van der Waals surface area contributed by atoms with Crippen LogP contribution in [0.5, 0.6) is 0 Å². The summed E-state index contributed by atoms with van der Waals surface area (Å²) in [6, 6.07) is 0. The number of carbonyl (C=O) groups excluding carboxylic acids is 1. The first kappa shape index (κ1) is 14.5. The molecule has 0 radical (unpaired) electrons. The zero-order valence-corrected chi connectivity index (χ0v) is 12.6. The van der Waals surface area contributed by atoms with E-state index < -0.39 is 0 Å². The van der Waals surface area contributed by atoms with Gasteiger partial charge >= 0.3 is 0 Å². The van der Waals surface area contributed by atoms with E-state index in [1.165, 1.54) is 6.20 Å². The normalized spacial score (nSPS) is 15.8. The second-order valence-electron chi connectivity index (χ2n) is 5.31. The standard InChI is InChI=1S/C14H18N6O2/c1-10-12(9-17-22-10)13(21)18-11-7-15-14(16-8-11)20-5-3-19(2)4-6-20/h7-9H,3-6H2,1-2H3,(H,18,21). The Morgan fingerprint density at radius 1 is 1.18 bits per heavy atom. The highest BCUT2D eigenvalue weighted by molar-refractivity contribution is 6.04. The summed E-state index contributed by atoms with van der Waals surface area (Å²) in [6.07, 6.45) is 4.62. The molecular weight excluding hydrogens is 284 g/mol. The van der Waals surface area contributed by atoms with Gasteiger partial charge in [-0.2, -0.15) is 0 Å². The molecule has 8 nitrogen and oxygen atoms in total. The minimum Gasteiger partial charge on any atom is -0.361 e. The average molecular weight is 302 g/mol. The molecule has 8 heteroatoms. The van der Waals surface area contributed by atoms with E-state index in [1.807, 2.05) is 0 Å². The van der Waals surface area contributed by atoms with Crippen LogP contribution in [0.1, 0.15) is 16.1 Å². The second kappa shape index (κ2) is 6.10. The molecular formula is C14H18N6O2. The molecule has 1 saturated heterocycles. The summed E-state index contributed by atoms with van der Waals surface area (Å²) >= 11 is 0. The molecule has 0 atom stereocenters. The summed E-state index contributed by atoms with van der Waals surface area (Å²) in [4.78, 5) is 25.1. The lowest BCUT2D eigenvalue weighted by molar-refractivity contribution is 0.102. The van der Waals surface area contributed by atoms with Gasteiger partial charge in [0, 0.05) is 26.2 Å². The Bertz CT molecular complexity index is 646. The van der Waals surface area contributed by atoms with E-state index in [0.717, 1.165) is 26.2 Å². The number of nitrogens with one attached hydrogen (secondary N) is 1. The van der Waals surface area contributed by atoms with Gasteiger partial charge < -0.3 is 19.6 Å². The van der Waals surface area contributed by atoms with Crippen molar-refractivity contribution in [2.45, 2.75) is 6.92 Å². The SMILES string of the molecule is Cc1oncc1C(=O)Nc1cnc(N2CCN(C)CC2)nc1. The van der Waals surface area contributed by atoms with Crippen LogP contribution in [-0.2, 0) is 0 Å². The molecule has 2 aromatic heterocycles. The van der Waals surface area contributed by atoms with Crippen molar-refractivity contribution in [1.82, 2.24) is 20.0 Å². The average Bonchev–Trinajstić information content (AvgIpc) is 2.95. The zero-order valence-electron chi connectivity index (χ0n) is 12.6. The van der Waals surface area contributed by atoms with Crippen molar-refractivity contribution in [1.29, 1.82) is 0 Å². The second-order valence-corrected chi connectivity index (χ2v) is 5.31. The van der Waals surface area contributed by atoms with Crippen molar-refractivity contribution in [3.63, 3.8) is 0 Å². The van der Waals surface area contributed by atoms with Crippen molar-refractivity contribution < 1.29 is 9.32 Å². The molecule has 22 heavy (non-hydrogen) atoms. The van der Waals surface area contributed by atoms with Crippen LogP contribution in [0.3, 0.4) is 0 Å². The van der Waals surface area contributed by atoms with Gasteiger partial charge in [-0.05, 0) is 14.0 Å². The number of likely N-dealkylation sites (N-methyl/N-ethyl adjacent to an activating group) is 1. The first-order valence-electron chi connectivity index (χ1n) is 7.11. The highest BCUT2D eigenvalue weighted by atomic mass is 16.5. The van der Waals surface area contributed by atoms with Gasteiger partial charge in [0.1, 0.15) is 11.3 Å². The smallest absolute Gasteiger partial charge is 0.260 e. The van der Waals surface area contributed by atoms with E-state index in [-0.39, 0.29) is 5.91 Å². The first-order valence-corrected chi connectivity index (χ1v) is 7.11. The van der Waals surface area contributed by atoms with Crippen molar-refractivity contribution >= 4 is 17.5 Å². The molecule has 0 spiro atoms. The Balaban J connectivity index is 1.64. The van der Waals surface area contributed by atoms with Gasteiger partial charge in [-0.15, -0.1) is 0 Å².